The zero-order chi connectivity index (χ0) is 16.2. The molecule has 0 saturated carbocycles. The van der Waals surface area contributed by atoms with Crippen LogP contribution in [-0.2, 0) is 0 Å². The lowest BCUT2D eigenvalue weighted by atomic mass is 10.2. The minimum Gasteiger partial charge on any atom is -0.497 e. The van der Waals surface area contributed by atoms with Gasteiger partial charge < -0.3 is 14.2 Å². The number of hydrazine groups is 1. The Hall–Kier alpha value is -3.22. The molecule has 118 valence electrons. The van der Waals surface area contributed by atoms with Crippen LogP contribution in [0, 0.1) is 0 Å². The smallest absolute Gasteiger partial charge is 0.269 e. The highest BCUT2D eigenvalue weighted by molar-refractivity contribution is 5.99. The number of carbonyl (C=O) groups is 2. The lowest BCUT2D eigenvalue weighted by Crippen LogP contribution is -2.41. The third-order valence-electron chi connectivity index (χ3n) is 3.28. The second-order valence-corrected chi connectivity index (χ2v) is 4.70. The van der Waals surface area contributed by atoms with Crippen molar-refractivity contribution in [2.45, 2.75) is 0 Å². The molecule has 0 radical (unpaired) electrons. The maximum atomic E-state index is 12.0. The van der Waals surface area contributed by atoms with Crippen molar-refractivity contribution >= 4 is 11.8 Å². The molecule has 2 aromatic rings. The summed E-state index contributed by atoms with van der Waals surface area (Å²) in [6, 6.07) is 11.3. The highest BCUT2D eigenvalue weighted by Gasteiger charge is 2.16. The average molecular weight is 314 g/mol. The number of hydrogen-bond donors (Lipinski definition) is 2. The monoisotopic (exact) mass is 314 g/mol. The Morgan fingerprint density at radius 1 is 0.913 bits per heavy atom. The molecular weight excluding hydrogens is 300 g/mol. The highest BCUT2D eigenvalue weighted by atomic mass is 16.7. The van der Waals surface area contributed by atoms with Crippen molar-refractivity contribution in [3.63, 3.8) is 0 Å². The molecule has 0 fully saturated rings. The van der Waals surface area contributed by atoms with E-state index in [-0.39, 0.29) is 6.79 Å². The average Bonchev–Trinajstić information content (AvgIpc) is 3.07. The van der Waals surface area contributed by atoms with Crippen LogP contribution < -0.4 is 25.1 Å². The predicted molar refractivity (Wildman–Crippen MR) is 80.5 cm³/mol. The van der Waals surface area contributed by atoms with Crippen molar-refractivity contribution < 1.29 is 23.8 Å². The third-order valence-corrected chi connectivity index (χ3v) is 3.28. The van der Waals surface area contributed by atoms with Gasteiger partial charge in [0.2, 0.25) is 6.79 Å². The first-order chi connectivity index (χ1) is 11.2. The van der Waals surface area contributed by atoms with Crippen molar-refractivity contribution in [2.24, 2.45) is 0 Å². The first kappa shape index (κ1) is 14.7. The first-order valence-corrected chi connectivity index (χ1v) is 6.82. The van der Waals surface area contributed by atoms with Crippen molar-refractivity contribution in [3.05, 3.63) is 53.6 Å². The molecule has 23 heavy (non-hydrogen) atoms. The van der Waals surface area contributed by atoms with Gasteiger partial charge in [-0.1, -0.05) is 0 Å². The highest BCUT2D eigenvalue weighted by Crippen LogP contribution is 2.32. The number of nitrogens with one attached hydrogen (secondary N) is 2. The van der Waals surface area contributed by atoms with Gasteiger partial charge in [-0.05, 0) is 42.5 Å². The van der Waals surface area contributed by atoms with Crippen molar-refractivity contribution in [2.75, 3.05) is 13.9 Å². The molecule has 7 heteroatoms. The van der Waals surface area contributed by atoms with E-state index >= 15 is 0 Å². The number of fused-ring (bicyclic) bond motifs is 1. The van der Waals surface area contributed by atoms with Crippen LogP contribution in [0.15, 0.2) is 42.5 Å². The van der Waals surface area contributed by atoms with E-state index < -0.39 is 11.8 Å². The van der Waals surface area contributed by atoms with Gasteiger partial charge in [0, 0.05) is 11.1 Å². The third kappa shape index (κ3) is 3.18. The fraction of sp³-hybridized carbons (Fsp3) is 0.125. The minimum absolute atomic E-state index is 0.134. The minimum atomic E-state index is -0.454. The summed E-state index contributed by atoms with van der Waals surface area (Å²) in [5, 5.41) is 0. The summed E-state index contributed by atoms with van der Waals surface area (Å²) >= 11 is 0. The van der Waals surface area contributed by atoms with E-state index in [1.165, 1.54) is 0 Å². The Kier molecular flexibility index (Phi) is 4.01. The molecule has 0 aromatic heterocycles. The van der Waals surface area contributed by atoms with Crippen LogP contribution in [0.4, 0.5) is 0 Å². The lowest BCUT2D eigenvalue weighted by Gasteiger charge is -2.08. The molecule has 1 heterocycles. The zero-order valence-corrected chi connectivity index (χ0v) is 12.3. The lowest BCUT2D eigenvalue weighted by molar-refractivity contribution is 0.0846. The van der Waals surface area contributed by atoms with E-state index in [0.29, 0.717) is 28.4 Å². The number of rotatable bonds is 3. The van der Waals surface area contributed by atoms with Gasteiger partial charge in [0.05, 0.1) is 7.11 Å². The quantitative estimate of drug-likeness (QED) is 0.839. The number of amides is 2. The zero-order valence-electron chi connectivity index (χ0n) is 12.3. The van der Waals surface area contributed by atoms with Crippen LogP contribution in [0.5, 0.6) is 17.2 Å². The van der Waals surface area contributed by atoms with Gasteiger partial charge in [-0.3, -0.25) is 20.4 Å². The molecular formula is C16H14N2O5. The fourth-order valence-corrected chi connectivity index (χ4v) is 2.04. The molecule has 1 aliphatic rings. The van der Waals surface area contributed by atoms with Gasteiger partial charge in [0.15, 0.2) is 11.5 Å². The molecule has 0 spiro atoms. The summed E-state index contributed by atoms with van der Waals surface area (Å²) < 4.78 is 15.4. The van der Waals surface area contributed by atoms with Crippen LogP contribution in [0.1, 0.15) is 20.7 Å². The van der Waals surface area contributed by atoms with Crippen LogP contribution in [0.3, 0.4) is 0 Å². The Bertz CT molecular complexity index is 743. The Labute approximate surface area is 132 Å². The topological polar surface area (TPSA) is 85.9 Å². The number of ether oxygens (including phenoxy) is 3. The molecule has 7 nitrogen and oxygen atoms in total. The predicted octanol–water partition coefficient (Wildman–Crippen LogP) is 1.50. The largest absolute Gasteiger partial charge is 0.497 e. The van der Waals surface area contributed by atoms with Gasteiger partial charge in [-0.15, -0.1) is 0 Å². The van der Waals surface area contributed by atoms with E-state index in [1.54, 1.807) is 49.6 Å². The fourth-order valence-electron chi connectivity index (χ4n) is 2.04. The summed E-state index contributed by atoms with van der Waals surface area (Å²) in [6.45, 7) is 0.134. The SMILES string of the molecule is COc1ccc(C(=O)NNC(=O)c2ccc3c(c2)OCO3)cc1. The molecule has 2 aromatic carbocycles. The van der Waals surface area contributed by atoms with Crippen molar-refractivity contribution in [3.8, 4) is 17.2 Å². The Balaban J connectivity index is 1.60. The van der Waals surface area contributed by atoms with E-state index in [4.69, 9.17) is 14.2 Å². The second-order valence-electron chi connectivity index (χ2n) is 4.70. The standard InChI is InChI=1S/C16H14N2O5/c1-21-12-5-2-10(3-6-12)15(19)17-18-16(20)11-4-7-13-14(8-11)23-9-22-13/h2-8H,9H2,1H3,(H,17,19)(H,18,20). The molecule has 3 rings (SSSR count). The van der Waals surface area contributed by atoms with Gasteiger partial charge >= 0.3 is 0 Å². The van der Waals surface area contributed by atoms with Gasteiger partial charge in [0.1, 0.15) is 5.75 Å². The molecule has 0 aliphatic carbocycles. The van der Waals surface area contributed by atoms with Gasteiger partial charge in [-0.25, -0.2) is 0 Å². The summed E-state index contributed by atoms with van der Waals surface area (Å²) in [7, 11) is 1.54. The molecule has 2 N–H and O–H groups in total. The van der Waals surface area contributed by atoms with Gasteiger partial charge in [0.25, 0.3) is 11.8 Å². The van der Waals surface area contributed by atoms with Crippen molar-refractivity contribution in [1.82, 2.24) is 10.9 Å². The summed E-state index contributed by atoms with van der Waals surface area (Å²) in [5.41, 5.74) is 5.45. The summed E-state index contributed by atoms with van der Waals surface area (Å²) in [6.07, 6.45) is 0. The second kappa shape index (κ2) is 6.27. The molecule has 0 atom stereocenters. The van der Waals surface area contributed by atoms with Crippen LogP contribution >= 0.6 is 0 Å². The maximum Gasteiger partial charge on any atom is 0.269 e. The maximum absolute atomic E-state index is 12.0. The molecule has 0 bridgehead atoms. The van der Waals surface area contributed by atoms with E-state index in [2.05, 4.69) is 10.9 Å². The first-order valence-electron chi connectivity index (χ1n) is 6.82. The number of hydrogen-bond acceptors (Lipinski definition) is 5. The van der Waals surface area contributed by atoms with Crippen LogP contribution in [0.25, 0.3) is 0 Å². The summed E-state index contributed by atoms with van der Waals surface area (Å²) in [4.78, 5) is 24.0. The molecule has 0 saturated heterocycles. The van der Waals surface area contributed by atoms with Crippen LogP contribution in [0.2, 0.25) is 0 Å². The Morgan fingerprint density at radius 3 is 2.22 bits per heavy atom. The molecule has 1 aliphatic heterocycles. The number of methoxy groups -OCH3 is 1. The van der Waals surface area contributed by atoms with E-state index in [0.717, 1.165) is 0 Å². The summed E-state index contributed by atoms with van der Waals surface area (Å²) in [5.74, 6) is 0.848. The van der Waals surface area contributed by atoms with E-state index in [1.807, 2.05) is 0 Å². The number of benzene rings is 2. The van der Waals surface area contributed by atoms with Crippen molar-refractivity contribution in [1.29, 1.82) is 0 Å². The Morgan fingerprint density at radius 2 is 1.52 bits per heavy atom. The van der Waals surface area contributed by atoms with Gasteiger partial charge in [-0.2, -0.15) is 0 Å². The molecule has 0 unspecified atom stereocenters. The number of carbonyl (C=O) groups excluding carboxylic acids is 2. The molecule has 2 amide bonds. The van der Waals surface area contributed by atoms with Crippen LogP contribution in [-0.4, -0.2) is 25.7 Å². The van der Waals surface area contributed by atoms with E-state index in [9.17, 15) is 9.59 Å². The normalized spacial score (nSPS) is 11.7.